The van der Waals surface area contributed by atoms with Gasteiger partial charge in [0.25, 0.3) is 0 Å². The van der Waals surface area contributed by atoms with Crippen molar-refractivity contribution in [3.05, 3.63) is 34.9 Å². The zero-order valence-electron chi connectivity index (χ0n) is 12.6. The van der Waals surface area contributed by atoms with E-state index in [2.05, 4.69) is 11.0 Å². The fourth-order valence-electron chi connectivity index (χ4n) is 3.18. The predicted octanol–water partition coefficient (Wildman–Crippen LogP) is 4.20. The van der Waals surface area contributed by atoms with E-state index < -0.39 is 5.97 Å². The number of hydrogen-bond acceptors (Lipinski definition) is 2. The Hall–Kier alpha value is -1.06. The van der Waals surface area contributed by atoms with Crippen LogP contribution in [0, 0.1) is 5.92 Å². The summed E-state index contributed by atoms with van der Waals surface area (Å²) in [5.41, 5.74) is 1.21. The first kappa shape index (κ1) is 16.3. The molecule has 1 N–H and O–H groups in total. The highest BCUT2D eigenvalue weighted by Crippen LogP contribution is 2.26. The van der Waals surface area contributed by atoms with Crippen LogP contribution in [0.4, 0.5) is 0 Å². The van der Waals surface area contributed by atoms with Gasteiger partial charge in [-0.1, -0.05) is 37.1 Å². The van der Waals surface area contributed by atoms with Crippen molar-refractivity contribution in [2.24, 2.45) is 5.92 Å². The molecule has 116 valence electrons. The van der Waals surface area contributed by atoms with Crippen molar-refractivity contribution in [3.63, 3.8) is 0 Å². The minimum absolute atomic E-state index is 0.227. The molecule has 2 rings (SSSR count). The number of piperidine rings is 1. The molecule has 1 aliphatic rings. The molecule has 0 bridgehead atoms. The topological polar surface area (TPSA) is 40.5 Å². The molecule has 0 aliphatic carbocycles. The summed E-state index contributed by atoms with van der Waals surface area (Å²) in [6.07, 6.45) is 4.96. The first-order valence-electron chi connectivity index (χ1n) is 7.81. The molecule has 0 aromatic heterocycles. The monoisotopic (exact) mass is 309 g/mol. The quantitative estimate of drug-likeness (QED) is 0.856. The maximum absolute atomic E-state index is 11.3. The van der Waals surface area contributed by atoms with Gasteiger partial charge in [-0.15, -0.1) is 0 Å². The largest absolute Gasteiger partial charge is 0.481 e. The van der Waals surface area contributed by atoms with Gasteiger partial charge in [-0.3, -0.25) is 9.69 Å². The summed E-state index contributed by atoms with van der Waals surface area (Å²) < 4.78 is 0. The van der Waals surface area contributed by atoms with E-state index in [9.17, 15) is 9.90 Å². The highest BCUT2D eigenvalue weighted by molar-refractivity contribution is 6.30. The normalized spacial score (nSPS) is 21.1. The SMILES string of the molecule is CCC(CC1CCCCN1Cc1cccc(Cl)c1)C(=O)O. The van der Waals surface area contributed by atoms with E-state index >= 15 is 0 Å². The lowest BCUT2D eigenvalue weighted by Gasteiger charge is -2.37. The Morgan fingerprint density at radius 3 is 2.95 bits per heavy atom. The van der Waals surface area contributed by atoms with Crippen molar-refractivity contribution >= 4 is 17.6 Å². The maximum Gasteiger partial charge on any atom is 0.306 e. The average molecular weight is 310 g/mol. The second-order valence-electron chi connectivity index (χ2n) is 5.93. The Morgan fingerprint density at radius 1 is 1.48 bits per heavy atom. The zero-order chi connectivity index (χ0) is 15.2. The molecule has 4 heteroatoms. The van der Waals surface area contributed by atoms with Gasteiger partial charge >= 0.3 is 5.97 Å². The van der Waals surface area contributed by atoms with Gasteiger partial charge in [-0.25, -0.2) is 0 Å². The lowest BCUT2D eigenvalue weighted by atomic mass is 9.90. The number of benzene rings is 1. The van der Waals surface area contributed by atoms with E-state index in [4.69, 9.17) is 11.6 Å². The number of halogens is 1. The number of carboxylic acid groups (broad SMARTS) is 1. The Labute approximate surface area is 131 Å². The molecule has 0 radical (unpaired) electrons. The van der Waals surface area contributed by atoms with E-state index in [0.717, 1.165) is 31.0 Å². The summed E-state index contributed by atoms with van der Waals surface area (Å²) in [5.74, 6) is -0.888. The lowest BCUT2D eigenvalue weighted by Crippen LogP contribution is -2.40. The molecule has 2 atom stereocenters. The highest BCUT2D eigenvalue weighted by Gasteiger charge is 2.27. The van der Waals surface area contributed by atoms with Crippen LogP contribution in [0.2, 0.25) is 5.02 Å². The number of carboxylic acids is 1. The van der Waals surface area contributed by atoms with E-state index in [-0.39, 0.29) is 5.92 Å². The summed E-state index contributed by atoms with van der Waals surface area (Å²) in [7, 11) is 0. The Kier molecular flexibility index (Phi) is 6.07. The van der Waals surface area contributed by atoms with Gasteiger partial charge in [0.2, 0.25) is 0 Å². The third-order valence-electron chi connectivity index (χ3n) is 4.42. The predicted molar refractivity (Wildman–Crippen MR) is 85.5 cm³/mol. The van der Waals surface area contributed by atoms with Gasteiger partial charge in [-0.2, -0.15) is 0 Å². The third kappa shape index (κ3) is 4.72. The molecule has 1 aromatic carbocycles. The zero-order valence-corrected chi connectivity index (χ0v) is 13.4. The van der Waals surface area contributed by atoms with Crippen LogP contribution in [0.15, 0.2) is 24.3 Å². The standard InChI is InChI=1S/C17H24ClNO2/c1-2-14(17(20)21)11-16-8-3-4-9-19(16)12-13-6-5-7-15(18)10-13/h5-7,10,14,16H,2-4,8-9,11-12H2,1H3,(H,20,21). The first-order valence-corrected chi connectivity index (χ1v) is 8.19. The Bertz CT molecular complexity index is 478. The summed E-state index contributed by atoms with van der Waals surface area (Å²) in [6.45, 7) is 3.87. The molecule has 1 aromatic rings. The molecule has 0 saturated carbocycles. The van der Waals surface area contributed by atoms with Gasteiger partial charge in [0.15, 0.2) is 0 Å². The molecule has 2 unspecified atom stereocenters. The van der Waals surface area contributed by atoms with Crippen LogP contribution in [-0.4, -0.2) is 28.6 Å². The molecular weight excluding hydrogens is 286 g/mol. The van der Waals surface area contributed by atoms with Crippen molar-refractivity contribution < 1.29 is 9.90 Å². The third-order valence-corrected chi connectivity index (χ3v) is 4.66. The summed E-state index contributed by atoms with van der Waals surface area (Å²) in [6, 6.07) is 8.33. The molecular formula is C17H24ClNO2. The Morgan fingerprint density at radius 2 is 2.29 bits per heavy atom. The van der Waals surface area contributed by atoms with Gasteiger partial charge < -0.3 is 5.11 Å². The number of hydrogen-bond donors (Lipinski definition) is 1. The van der Waals surface area contributed by atoms with Crippen molar-refractivity contribution in [1.82, 2.24) is 4.90 Å². The fraction of sp³-hybridized carbons (Fsp3) is 0.588. The molecule has 0 amide bonds. The second-order valence-corrected chi connectivity index (χ2v) is 6.37. The van der Waals surface area contributed by atoms with Crippen molar-refractivity contribution in [3.8, 4) is 0 Å². The van der Waals surface area contributed by atoms with Gasteiger partial charge in [-0.05, 0) is 49.9 Å². The van der Waals surface area contributed by atoms with Crippen LogP contribution in [0.3, 0.4) is 0 Å². The van der Waals surface area contributed by atoms with E-state index in [1.165, 1.54) is 18.4 Å². The van der Waals surface area contributed by atoms with Crippen LogP contribution in [0.5, 0.6) is 0 Å². The van der Waals surface area contributed by atoms with Gasteiger partial charge in [0.1, 0.15) is 0 Å². The van der Waals surface area contributed by atoms with Crippen LogP contribution >= 0.6 is 11.6 Å². The number of aliphatic carboxylic acids is 1. The van der Waals surface area contributed by atoms with Crippen LogP contribution < -0.4 is 0 Å². The van der Waals surface area contributed by atoms with E-state index in [1.54, 1.807) is 0 Å². The number of rotatable bonds is 6. The van der Waals surface area contributed by atoms with Crippen molar-refractivity contribution in [2.75, 3.05) is 6.54 Å². The number of nitrogens with zero attached hydrogens (tertiary/aromatic N) is 1. The second kappa shape index (κ2) is 7.81. The Balaban J connectivity index is 2.03. The molecule has 3 nitrogen and oxygen atoms in total. The molecule has 0 spiro atoms. The van der Waals surface area contributed by atoms with Crippen molar-refractivity contribution in [1.29, 1.82) is 0 Å². The highest BCUT2D eigenvalue weighted by atomic mass is 35.5. The van der Waals surface area contributed by atoms with Crippen LogP contribution in [-0.2, 0) is 11.3 Å². The summed E-state index contributed by atoms with van der Waals surface area (Å²) >= 11 is 6.05. The molecule has 1 heterocycles. The first-order chi connectivity index (χ1) is 10.1. The van der Waals surface area contributed by atoms with Gasteiger partial charge in [0.05, 0.1) is 5.92 Å². The number of likely N-dealkylation sites (tertiary alicyclic amines) is 1. The van der Waals surface area contributed by atoms with Crippen LogP contribution in [0.1, 0.15) is 44.6 Å². The van der Waals surface area contributed by atoms with Gasteiger partial charge in [0, 0.05) is 17.6 Å². The average Bonchev–Trinajstić information content (AvgIpc) is 2.46. The fourth-order valence-corrected chi connectivity index (χ4v) is 3.39. The minimum Gasteiger partial charge on any atom is -0.481 e. The molecule has 1 aliphatic heterocycles. The summed E-state index contributed by atoms with van der Waals surface area (Å²) in [5, 5.41) is 10.0. The summed E-state index contributed by atoms with van der Waals surface area (Å²) in [4.78, 5) is 13.7. The van der Waals surface area contributed by atoms with E-state index in [1.807, 2.05) is 25.1 Å². The lowest BCUT2D eigenvalue weighted by molar-refractivity contribution is -0.142. The van der Waals surface area contributed by atoms with E-state index in [0.29, 0.717) is 12.5 Å². The minimum atomic E-state index is -0.661. The number of carbonyl (C=O) groups is 1. The molecule has 1 fully saturated rings. The molecule has 21 heavy (non-hydrogen) atoms. The van der Waals surface area contributed by atoms with Crippen LogP contribution in [0.25, 0.3) is 0 Å². The molecule has 1 saturated heterocycles. The van der Waals surface area contributed by atoms with Crippen molar-refractivity contribution in [2.45, 2.75) is 51.6 Å². The maximum atomic E-state index is 11.3. The smallest absolute Gasteiger partial charge is 0.306 e.